The number of carbonyl (C=O) groups is 3. The molecular weight excluding hydrogens is 703 g/mol. The summed E-state index contributed by atoms with van der Waals surface area (Å²) in [5.74, 6) is -1.51. The van der Waals surface area contributed by atoms with Crippen LogP contribution in [0.2, 0.25) is 0 Å². The van der Waals surface area contributed by atoms with Gasteiger partial charge in [0, 0.05) is 19.3 Å². The lowest BCUT2D eigenvalue weighted by Crippen LogP contribution is -2.50. The van der Waals surface area contributed by atoms with E-state index >= 15 is 0 Å². The third-order valence-electron chi connectivity index (χ3n) is 9.64. The number of carboxylic acid groups (broad SMARTS) is 1. The van der Waals surface area contributed by atoms with Crippen LogP contribution in [0.4, 0.5) is 0 Å². The monoisotopic (exact) mass is 787 g/mol. The summed E-state index contributed by atoms with van der Waals surface area (Å²) in [7, 11) is 5.51. The Kier molecular flexibility index (Phi) is 36.8. The molecule has 322 valence electrons. The molecule has 2 unspecified atom stereocenters. The zero-order chi connectivity index (χ0) is 41.4. The van der Waals surface area contributed by atoms with Crippen LogP contribution in [0, 0.1) is 0 Å². The number of esters is 2. The van der Waals surface area contributed by atoms with Gasteiger partial charge in [0.2, 0.25) is 0 Å². The van der Waals surface area contributed by atoms with Crippen molar-refractivity contribution < 1.29 is 38.2 Å². The van der Waals surface area contributed by atoms with Crippen LogP contribution in [-0.4, -0.2) is 80.6 Å². The van der Waals surface area contributed by atoms with Crippen molar-refractivity contribution >= 4 is 17.9 Å². The molecule has 0 spiro atoms. The molecule has 56 heavy (non-hydrogen) atoms. The Hall–Kier alpha value is -2.97. The van der Waals surface area contributed by atoms with E-state index in [0.29, 0.717) is 19.3 Å². The zero-order valence-electron chi connectivity index (χ0n) is 36.6. The number of hydrogen-bond donors (Lipinski definition) is 1. The summed E-state index contributed by atoms with van der Waals surface area (Å²) in [4.78, 5) is 36.9. The zero-order valence-corrected chi connectivity index (χ0v) is 36.6. The van der Waals surface area contributed by atoms with Crippen LogP contribution in [0.15, 0.2) is 60.8 Å². The Balaban J connectivity index is 4.33. The number of ether oxygens (including phenoxy) is 3. The fourth-order valence-corrected chi connectivity index (χ4v) is 6.11. The third-order valence-corrected chi connectivity index (χ3v) is 9.64. The molecule has 0 aromatic rings. The summed E-state index contributed by atoms with van der Waals surface area (Å²) >= 11 is 0. The van der Waals surface area contributed by atoms with E-state index < -0.39 is 18.1 Å². The van der Waals surface area contributed by atoms with E-state index in [-0.39, 0.29) is 36.2 Å². The number of aliphatic carboxylic acids is 1. The third kappa shape index (κ3) is 36.7. The van der Waals surface area contributed by atoms with Gasteiger partial charge in [0.1, 0.15) is 6.61 Å². The Bertz CT molecular complexity index is 1100. The van der Waals surface area contributed by atoms with Gasteiger partial charge in [-0.3, -0.25) is 9.59 Å². The second kappa shape index (κ2) is 38.9. The Morgan fingerprint density at radius 1 is 0.536 bits per heavy atom. The molecule has 0 aromatic carbocycles. The number of nitrogens with zero attached hydrogens (tertiary/aromatic N) is 1. The first kappa shape index (κ1) is 53.0. The van der Waals surface area contributed by atoms with Crippen LogP contribution in [0.3, 0.4) is 0 Å². The first-order valence-corrected chi connectivity index (χ1v) is 22.3. The van der Waals surface area contributed by atoms with Crippen molar-refractivity contribution in [1.82, 2.24) is 0 Å². The normalized spacial score (nSPS) is 13.5. The lowest BCUT2D eigenvalue weighted by Gasteiger charge is -2.31. The molecule has 8 heteroatoms. The second-order valence-electron chi connectivity index (χ2n) is 15.9. The van der Waals surface area contributed by atoms with Crippen molar-refractivity contribution in [3.05, 3.63) is 60.8 Å². The molecule has 1 N–H and O–H groups in total. The Morgan fingerprint density at radius 2 is 0.964 bits per heavy atom. The average molecular weight is 787 g/mol. The van der Waals surface area contributed by atoms with E-state index in [1.807, 2.05) is 21.1 Å². The van der Waals surface area contributed by atoms with E-state index in [0.717, 1.165) is 96.3 Å². The summed E-state index contributed by atoms with van der Waals surface area (Å²) < 4.78 is 17.2. The van der Waals surface area contributed by atoms with Gasteiger partial charge in [-0.1, -0.05) is 139 Å². The summed E-state index contributed by atoms with van der Waals surface area (Å²) in [6.45, 7) is 4.63. The molecule has 8 nitrogen and oxygen atoms in total. The molecule has 0 aromatic heterocycles. The SMILES string of the molecule is CCCC/C=C/CCCCCCCC(=O)OC(COCCC(C(=O)O)[N+](C)(C)C)COC(=O)CCCCCCC/C=C/C/C=C/C/C=C/C/C=C/CCCCC. The molecule has 0 aliphatic heterocycles. The molecule has 0 bridgehead atoms. The highest BCUT2D eigenvalue weighted by atomic mass is 16.6. The standard InChI is InChI=1S/C48H83NO7/c1-6-8-10-12-14-16-18-19-20-21-22-23-24-25-26-27-29-30-32-34-36-38-46(50)55-43-44(42-54-41-40-45(48(52)53)49(3,4)5)56-47(51)39-37-35-33-31-28-17-15-13-11-9-7-2/h13-16,19-20,22-23,25-26,44-45H,6-12,17-18,21,24,27-43H2,1-5H3/p+1/b15-13+,16-14+,20-19+,23-22+,26-25+. The molecule has 0 aliphatic rings. The first-order valence-electron chi connectivity index (χ1n) is 22.3. The number of unbranched alkanes of at least 4 members (excludes halogenated alkanes) is 15. The van der Waals surface area contributed by atoms with Crippen LogP contribution in [-0.2, 0) is 28.6 Å². The number of hydrogen-bond acceptors (Lipinski definition) is 6. The van der Waals surface area contributed by atoms with Crippen molar-refractivity contribution in [1.29, 1.82) is 0 Å². The Morgan fingerprint density at radius 3 is 1.46 bits per heavy atom. The molecule has 0 saturated carbocycles. The molecule has 0 fully saturated rings. The van der Waals surface area contributed by atoms with E-state index in [1.165, 1.54) is 44.9 Å². The molecule has 0 saturated heterocycles. The second-order valence-corrected chi connectivity index (χ2v) is 15.9. The quantitative estimate of drug-likeness (QED) is 0.0287. The highest BCUT2D eigenvalue weighted by molar-refractivity contribution is 5.72. The number of carbonyl (C=O) groups excluding carboxylic acids is 2. The van der Waals surface area contributed by atoms with Crippen molar-refractivity contribution in [3.8, 4) is 0 Å². The van der Waals surface area contributed by atoms with Gasteiger partial charge in [0.05, 0.1) is 34.4 Å². The van der Waals surface area contributed by atoms with Crippen molar-refractivity contribution in [2.24, 2.45) is 0 Å². The van der Waals surface area contributed by atoms with Gasteiger partial charge in [-0.2, -0.15) is 0 Å². The van der Waals surface area contributed by atoms with Crippen molar-refractivity contribution in [3.63, 3.8) is 0 Å². The number of likely N-dealkylation sites (N-methyl/N-ethyl adjacent to an activating group) is 1. The maximum atomic E-state index is 12.7. The minimum absolute atomic E-state index is 0.0493. The minimum Gasteiger partial charge on any atom is -0.477 e. The highest BCUT2D eigenvalue weighted by Gasteiger charge is 2.31. The molecule has 0 amide bonds. The summed E-state index contributed by atoms with van der Waals surface area (Å²) in [5, 5.41) is 9.61. The van der Waals surface area contributed by atoms with Gasteiger partial charge in [-0.05, 0) is 77.0 Å². The summed E-state index contributed by atoms with van der Waals surface area (Å²) in [6, 6.07) is -0.620. The van der Waals surface area contributed by atoms with Crippen LogP contribution >= 0.6 is 0 Å². The van der Waals surface area contributed by atoms with Gasteiger partial charge in [-0.25, -0.2) is 4.79 Å². The topological polar surface area (TPSA) is 99.1 Å². The van der Waals surface area contributed by atoms with E-state index in [9.17, 15) is 19.5 Å². The smallest absolute Gasteiger partial charge is 0.362 e. The van der Waals surface area contributed by atoms with Gasteiger partial charge in [-0.15, -0.1) is 0 Å². The molecule has 0 aliphatic carbocycles. The number of quaternary nitrogens is 1. The lowest BCUT2D eigenvalue weighted by atomic mass is 10.1. The lowest BCUT2D eigenvalue weighted by molar-refractivity contribution is -0.887. The first-order chi connectivity index (χ1) is 27.1. The molecule has 0 radical (unpaired) electrons. The fraction of sp³-hybridized carbons (Fsp3) is 0.729. The predicted octanol–water partition coefficient (Wildman–Crippen LogP) is 12.2. The number of rotatable bonds is 39. The summed E-state index contributed by atoms with van der Waals surface area (Å²) in [6.07, 6.45) is 46.9. The van der Waals surface area contributed by atoms with Gasteiger partial charge < -0.3 is 23.8 Å². The van der Waals surface area contributed by atoms with Gasteiger partial charge >= 0.3 is 17.9 Å². The predicted molar refractivity (Wildman–Crippen MR) is 234 cm³/mol. The summed E-state index contributed by atoms with van der Waals surface area (Å²) in [5.41, 5.74) is 0. The van der Waals surface area contributed by atoms with E-state index in [2.05, 4.69) is 74.6 Å². The minimum atomic E-state index is -0.882. The fourth-order valence-electron chi connectivity index (χ4n) is 6.11. The maximum Gasteiger partial charge on any atom is 0.362 e. The number of carboxylic acids is 1. The van der Waals surface area contributed by atoms with Crippen LogP contribution in [0.25, 0.3) is 0 Å². The molecular formula is C48H84NO7+. The van der Waals surface area contributed by atoms with Crippen LogP contribution in [0.1, 0.15) is 174 Å². The molecule has 0 rings (SSSR count). The van der Waals surface area contributed by atoms with E-state index in [4.69, 9.17) is 14.2 Å². The maximum absolute atomic E-state index is 12.7. The van der Waals surface area contributed by atoms with Crippen LogP contribution < -0.4 is 0 Å². The van der Waals surface area contributed by atoms with Crippen molar-refractivity contribution in [2.75, 3.05) is 41.0 Å². The van der Waals surface area contributed by atoms with Crippen LogP contribution in [0.5, 0.6) is 0 Å². The molecule has 2 atom stereocenters. The average Bonchev–Trinajstić information content (AvgIpc) is 3.15. The highest BCUT2D eigenvalue weighted by Crippen LogP contribution is 2.13. The Labute approximate surface area is 343 Å². The number of allylic oxidation sites excluding steroid dienone is 10. The molecule has 0 heterocycles. The van der Waals surface area contributed by atoms with E-state index in [1.54, 1.807) is 0 Å². The van der Waals surface area contributed by atoms with Gasteiger partial charge in [0.25, 0.3) is 0 Å². The largest absolute Gasteiger partial charge is 0.477 e. The van der Waals surface area contributed by atoms with Crippen molar-refractivity contribution in [2.45, 2.75) is 187 Å². The van der Waals surface area contributed by atoms with Gasteiger partial charge in [0.15, 0.2) is 12.1 Å².